The monoisotopic (exact) mass is 800 g/mol. The Labute approximate surface area is 283 Å². The van der Waals surface area contributed by atoms with Crippen LogP contribution in [0, 0.1) is 18.8 Å². The van der Waals surface area contributed by atoms with Gasteiger partial charge < -0.3 is 4.74 Å². The summed E-state index contributed by atoms with van der Waals surface area (Å²) in [7, 11) is 0. The number of halogens is 4. The average Bonchev–Trinajstić information content (AvgIpc) is 3.24. The number of ketones is 1. The number of imide groups is 1. The smallest absolute Gasteiger partial charge is 0.339 e. The van der Waals surface area contributed by atoms with E-state index in [2.05, 4.69) is 47.8 Å². The van der Waals surface area contributed by atoms with Crippen LogP contribution in [0.1, 0.15) is 39.1 Å². The predicted octanol–water partition coefficient (Wildman–Crippen LogP) is 8.09. The van der Waals surface area contributed by atoms with E-state index in [4.69, 9.17) is 21.3 Å². The van der Waals surface area contributed by atoms with Crippen molar-refractivity contribution < 1.29 is 23.9 Å². The number of carbonyl (C=O) groups is 4. The summed E-state index contributed by atoms with van der Waals surface area (Å²) in [5.74, 6) is -2.07. The number of alkyl halides is 2. The number of aromatic nitrogens is 1. The van der Waals surface area contributed by atoms with E-state index in [-0.39, 0.29) is 44.7 Å². The second-order valence-electron chi connectivity index (χ2n) is 11.0. The second kappa shape index (κ2) is 12.5. The Morgan fingerprint density at radius 1 is 0.932 bits per heavy atom. The molecule has 3 aromatic carbocycles. The van der Waals surface area contributed by atoms with Crippen LogP contribution in [0.15, 0.2) is 71.2 Å². The number of carbonyl (C=O) groups excluding carboxylic acids is 4. The van der Waals surface area contributed by atoms with Crippen LogP contribution in [-0.2, 0) is 14.3 Å². The topological polar surface area (TPSA) is 93.6 Å². The van der Waals surface area contributed by atoms with E-state index in [1.807, 2.05) is 13.0 Å². The van der Waals surface area contributed by atoms with Gasteiger partial charge >= 0.3 is 5.97 Å². The molecule has 224 valence electrons. The number of pyridine rings is 1. The quantitative estimate of drug-likeness (QED) is 0.0848. The summed E-state index contributed by atoms with van der Waals surface area (Å²) in [5.41, 5.74) is 3.76. The summed E-state index contributed by atoms with van der Waals surface area (Å²) < 4.78 is 6.24. The molecule has 1 saturated carbocycles. The molecule has 0 radical (unpaired) electrons. The van der Waals surface area contributed by atoms with Crippen molar-refractivity contribution >= 4 is 99.5 Å². The third-order valence-corrected chi connectivity index (χ3v) is 11.6. The lowest BCUT2D eigenvalue weighted by atomic mass is 9.81. The van der Waals surface area contributed by atoms with Gasteiger partial charge in [0.05, 0.1) is 34.3 Å². The normalized spacial score (nSPS) is 21.4. The first kappa shape index (κ1) is 31.1. The summed E-state index contributed by atoms with van der Waals surface area (Å²) in [6.45, 7) is 1.46. The Kier molecular flexibility index (Phi) is 8.80. The number of Topliss-reactive ketones (excluding diaryl/α,β-unsaturated/α-hetero) is 1. The van der Waals surface area contributed by atoms with E-state index >= 15 is 0 Å². The van der Waals surface area contributed by atoms with Gasteiger partial charge in [-0.3, -0.25) is 19.3 Å². The zero-order valence-corrected chi connectivity index (χ0v) is 28.7. The van der Waals surface area contributed by atoms with Crippen molar-refractivity contribution in [3.05, 3.63) is 92.9 Å². The minimum atomic E-state index is -0.666. The van der Waals surface area contributed by atoms with Crippen LogP contribution >= 0.6 is 59.4 Å². The lowest BCUT2D eigenvalue weighted by Gasteiger charge is -2.29. The maximum Gasteiger partial charge on any atom is 0.339 e. The molecular weight excluding hydrogens is 780 g/mol. The van der Waals surface area contributed by atoms with Crippen molar-refractivity contribution in [2.45, 2.75) is 29.4 Å². The van der Waals surface area contributed by atoms with E-state index in [1.54, 1.807) is 60.7 Å². The molecule has 1 aliphatic carbocycles. The lowest BCUT2D eigenvalue weighted by molar-refractivity contribution is -0.122. The van der Waals surface area contributed by atoms with Crippen LogP contribution < -0.4 is 4.90 Å². The van der Waals surface area contributed by atoms with Gasteiger partial charge in [-0.15, -0.1) is 0 Å². The molecule has 1 aromatic heterocycles. The third-order valence-electron chi connectivity index (χ3n) is 8.12. The van der Waals surface area contributed by atoms with Crippen LogP contribution in [0.3, 0.4) is 0 Å². The van der Waals surface area contributed by atoms with Crippen LogP contribution in [-0.4, -0.2) is 44.8 Å². The van der Waals surface area contributed by atoms with E-state index < -0.39 is 12.6 Å². The van der Waals surface area contributed by atoms with E-state index in [9.17, 15) is 19.2 Å². The molecule has 1 saturated heterocycles. The van der Waals surface area contributed by atoms with Crippen LogP contribution in [0.4, 0.5) is 5.69 Å². The first-order chi connectivity index (χ1) is 21.0. The molecule has 4 aromatic rings. The number of nitrogens with zero attached hydrogens (tertiary/aromatic N) is 2. The number of benzene rings is 3. The average molecular weight is 804 g/mol. The summed E-state index contributed by atoms with van der Waals surface area (Å²) >= 11 is 16.7. The van der Waals surface area contributed by atoms with Gasteiger partial charge in [0.25, 0.3) is 0 Å². The number of hydrogen-bond acceptors (Lipinski definition) is 6. The van der Waals surface area contributed by atoms with Gasteiger partial charge in [-0.05, 0) is 79.9 Å². The maximum absolute atomic E-state index is 13.4. The summed E-state index contributed by atoms with van der Waals surface area (Å²) in [6.07, 6.45) is 1.20. The molecule has 4 atom stereocenters. The molecule has 11 heteroatoms. The number of esters is 1. The number of rotatable bonds is 6. The molecule has 44 heavy (non-hydrogen) atoms. The van der Waals surface area contributed by atoms with E-state index in [0.717, 1.165) is 10.0 Å². The lowest BCUT2D eigenvalue weighted by Crippen LogP contribution is -2.34. The van der Waals surface area contributed by atoms with Gasteiger partial charge in [-0.25, -0.2) is 9.78 Å². The molecule has 0 spiro atoms. The first-order valence-corrected chi connectivity index (χ1v) is 16.8. The molecule has 0 N–H and O–H groups in total. The van der Waals surface area contributed by atoms with E-state index in [0.29, 0.717) is 51.3 Å². The van der Waals surface area contributed by atoms with Gasteiger partial charge in [-0.1, -0.05) is 71.5 Å². The SMILES string of the molecule is Cc1cc(Br)cc2c(C(=O)OCC(=O)c3ccc(Cl)cc3)cc(-c3ccc(N4C(=O)C5CC(Br)C(Br)CC5C4=O)cc3)nc12. The van der Waals surface area contributed by atoms with Gasteiger partial charge in [0.1, 0.15) is 0 Å². The molecule has 6 rings (SSSR count). The fourth-order valence-corrected chi connectivity index (χ4v) is 7.77. The van der Waals surface area contributed by atoms with Crippen LogP contribution in [0.5, 0.6) is 0 Å². The molecule has 2 heterocycles. The van der Waals surface area contributed by atoms with Gasteiger partial charge in [0, 0.05) is 35.7 Å². The van der Waals surface area contributed by atoms with Crippen molar-refractivity contribution in [2.24, 2.45) is 11.8 Å². The molecular formula is C33H24Br3ClN2O5. The van der Waals surface area contributed by atoms with Crippen molar-refractivity contribution in [2.75, 3.05) is 11.5 Å². The highest BCUT2D eigenvalue weighted by Gasteiger charge is 2.52. The molecule has 4 unspecified atom stereocenters. The number of amides is 2. The molecule has 2 aliphatic rings. The largest absolute Gasteiger partial charge is 0.454 e. The highest BCUT2D eigenvalue weighted by Crippen LogP contribution is 2.44. The number of anilines is 1. The standard InChI is InChI=1S/C33H24Br3ClN2O5/c1-16-10-19(34)11-22-25(33(43)44-15-29(40)18-2-6-20(37)7-3-18)14-28(38-30(16)22)17-4-8-21(9-5-17)39-31(41)23-12-26(35)27(36)13-24(23)32(39)42/h2-11,14,23-24,26-27H,12-13,15H2,1H3. The third kappa shape index (κ3) is 5.89. The van der Waals surface area contributed by atoms with E-state index in [1.165, 1.54) is 4.90 Å². The highest BCUT2D eigenvalue weighted by atomic mass is 79.9. The number of hydrogen-bond donors (Lipinski definition) is 0. The first-order valence-electron chi connectivity index (χ1n) is 13.8. The fourth-order valence-electron chi connectivity index (χ4n) is 5.83. The number of aryl methyl sites for hydroxylation is 1. The predicted molar refractivity (Wildman–Crippen MR) is 180 cm³/mol. The Bertz CT molecular complexity index is 1800. The minimum absolute atomic E-state index is 0.127. The Morgan fingerprint density at radius 2 is 1.55 bits per heavy atom. The summed E-state index contributed by atoms with van der Waals surface area (Å²) in [4.78, 5) is 59.0. The van der Waals surface area contributed by atoms with Crippen molar-refractivity contribution in [1.82, 2.24) is 4.98 Å². The van der Waals surface area contributed by atoms with Gasteiger partial charge in [0.15, 0.2) is 12.4 Å². The molecule has 1 aliphatic heterocycles. The maximum atomic E-state index is 13.4. The summed E-state index contributed by atoms with van der Waals surface area (Å²) in [5, 5.41) is 1.08. The molecule has 2 fully saturated rings. The van der Waals surface area contributed by atoms with Crippen LogP contribution in [0.25, 0.3) is 22.2 Å². The van der Waals surface area contributed by atoms with Crippen LogP contribution in [0.2, 0.25) is 5.02 Å². The van der Waals surface area contributed by atoms with Crippen molar-refractivity contribution in [3.63, 3.8) is 0 Å². The fraction of sp³-hybridized carbons (Fsp3) is 0.242. The van der Waals surface area contributed by atoms with Gasteiger partial charge in [-0.2, -0.15) is 0 Å². The highest BCUT2D eigenvalue weighted by molar-refractivity contribution is 9.12. The Balaban J connectivity index is 1.30. The van der Waals surface area contributed by atoms with Gasteiger partial charge in [0.2, 0.25) is 11.8 Å². The Hall–Kier alpha value is -2.92. The van der Waals surface area contributed by atoms with Crippen molar-refractivity contribution in [1.29, 1.82) is 0 Å². The summed E-state index contributed by atoms with van der Waals surface area (Å²) in [6, 6.07) is 18.7. The second-order valence-corrected chi connectivity index (χ2v) is 14.7. The molecule has 7 nitrogen and oxygen atoms in total. The molecule has 0 bridgehead atoms. The molecule has 2 amide bonds. The minimum Gasteiger partial charge on any atom is -0.454 e. The Morgan fingerprint density at radius 3 is 2.16 bits per heavy atom. The zero-order chi connectivity index (χ0) is 31.3. The van der Waals surface area contributed by atoms with Crippen molar-refractivity contribution in [3.8, 4) is 11.3 Å². The zero-order valence-electron chi connectivity index (χ0n) is 23.2. The number of fused-ring (bicyclic) bond motifs is 2. The number of ether oxygens (including phenoxy) is 1.